The molecule has 21 heavy (non-hydrogen) atoms. The van der Waals surface area contributed by atoms with Gasteiger partial charge in [-0.3, -0.25) is 4.79 Å². The van der Waals surface area contributed by atoms with Crippen LogP contribution in [0.15, 0.2) is 28.7 Å². The minimum absolute atomic E-state index is 0.138. The quantitative estimate of drug-likeness (QED) is 0.873. The van der Waals surface area contributed by atoms with Crippen LogP contribution >= 0.6 is 15.9 Å². The molecule has 0 unspecified atom stereocenters. The molecule has 4 heteroatoms. The van der Waals surface area contributed by atoms with Gasteiger partial charge in [0.15, 0.2) is 0 Å². The Kier molecular flexibility index (Phi) is 4.36. The number of amides is 1. The van der Waals surface area contributed by atoms with Crippen LogP contribution in [0.25, 0.3) is 0 Å². The normalized spacial score (nSPS) is 27.1. The molecule has 3 N–H and O–H groups in total. The summed E-state index contributed by atoms with van der Waals surface area (Å²) in [6.07, 6.45) is 7.17. The smallest absolute Gasteiger partial charge is 0.221 e. The van der Waals surface area contributed by atoms with E-state index in [4.69, 9.17) is 5.73 Å². The fraction of sp³-hybridized carbons (Fsp3) is 0.588. The average molecular weight is 351 g/mol. The van der Waals surface area contributed by atoms with Gasteiger partial charge in [0.1, 0.15) is 0 Å². The zero-order valence-corrected chi connectivity index (χ0v) is 13.9. The van der Waals surface area contributed by atoms with E-state index in [0.717, 1.165) is 36.6 Å². The summed E-state index contributed by atoms with van der Waals surface area (Å²) in [4.78, 5) is 12.4. The Hall–Kier alpha value is -0.870. The third-order valence-electron chi connectivity index (χ3n) is 5.15. The molecule has 1 aromatic rings. The van der Waals surface area contributed by atoms with Crippen molar-refractivity contribution in [3.8, 4) is 0 Å². The molecule has 2 saturated carbocycles. The van der Waals surface area contributed by atoms with Crippen LogP contribution in [-0.2, 0) is 10.3 Å². The Bertz CT molecular complexity index is 510. The van der Waals surface area contributed by atoms with Crippen molar-refractivity contribution >= 4 is 21.8 Å². The van der Waals surface area contributed by atoms with E-state index in [2.05, 4.69) is 45.5 Å². The van der Waals surface area contributed by atoms with E-state index in [1.165, 1.54) is 12.0 Å². The Morgan fingerprint density at radius 3 is 2.48 bits per heavy atom. The second-order valence-corrected chi connectivity index (χ2v) is 7.47. The van der Waals surface area contributed by atoms with Crippen LogP contribution in [0.2, 0.25) is 0 Å². The topological polar surface area (TPSA) is 55.1 Å². The molecule has 0 spiro atoms. The van der Waals surface area contributed by atoms with Crippen LogP contribution < -0.4 is 11.1 Å². The molecule has 2 fully saturated rings. The number of nitrogens with two attached hydrogens (primary N) is 1. The Labute approximate surface area is 134 Å². The fourth-order valence-electron chi connectivity index (χ4n) is 3.66. The third kappa shape index (κ3) is 3.16. The van der Waals surface area contributed by atoms with Gasteiger partial charge in [-0.1, -0.05) is 34.5 Å². The van der Waals surface area contributed by atoms with Crippen LogP contribution in [0.1, 0.15) is 50.5 Å². The highest BCUT2D eigenvalue weighted by Crippen LogP contribution is 2.42. The van der Waals surface area contributed by atoms with Crippen LogP contribution in [0, 0.1) is 5.92 Å². The van der Waals surface area contributed by atoms with E-state index in [9.17, 15) is 4.79 Å². The summed E-state index contributed by atoms with van der Waals surface area (Å²) in [5, 5.41) is 3.30. The van der Waals surface area contributed by atoms with Gasteiger partial charge in [0.25, 0.3) is 0 Å². The molecule has 3 rings (SSSR count). The first-order chi connectivity index (χ1) is 10.1. The lowest BCUT2D eigenvalue weighted by Crippen LogP contribution is -2.51. The lowest BCUT2D eigenvalue weighted by atomic mass is 9.71. The first-order valence-corrected chi connectivity index (χ1v) is 8.71. The number of nitrogens with one attached hydrogen (secondary N) is 1. The lowest BCUT2D eigenvalue weighted by Gasteiger charge is -2.43. The van der Waals surface area contributed by atoms with E-state index in [1.54, 1.807) is 0 Å². The number of hydrogen-bond acceptors (Lipinski definition) is 2. The van der Waals surface area contributed by atoms with Gasteiger partial charge in [0, 0.05) is 16.9 Å². The van der Waals surface area contributed by atoms with Crippen molar-refractivity contribution in [1.82, 2.24) is 5.32 Å². The number of rotatable bonds is 4. The van der Waals surface area contributed by atoms with Gasteiger partial charge >= 0.3 is 0 Å². The van der Waals surface area contributed by atoms with Crippen molar-refractivity contribution in [2.75, 3.05) is 0 Å². The van der Waals surface area contributed by atoms with Crippen molar-refractivity contribution in [3.63, 3.8) is 0 Å². The summed E-state index contributed by atoms with van der Waals surface area (Å²) in [6.45, 7) is 0. The molecule has 0 radical (unpaired) electrons. The van der Waals surface area contributed by atoms with Crippen molar-refractivity contribution in [3.05, 3.63) is 34.3 Å². The molecule has 3 nitrogen and oxygen atoms in total. The highest BCUT2D eigenvalue weighted by Gasteiger charge is 2.40. The summed E-state index contributed by atoms with van der Waals surface area (Å²) >= 11 is 3.47. The van der Waals surface area contributed by atoms with Crippen LogP contribution in [0.5, 0.6) is 0 Å². The van der Waals surface area contributed by atoms with Gasteiger partial charge < -0.3 is 11.1 Å². The largest absolute Gasteiger partial charge is 0.347 e. The zero-order chi connectivity index (χ0) is 14.9. The van der Waals surface area contributed by atoms with Gasteiger partial charge in [-0.2, -0.15) is 0 Å². The maximum Gasteiger partial charge on any atom is 0.221 e. The highest BCUT2D eigenvalue weighted by molar-refractivity contribution is 9.10. The predicted octanol–water partition coefficient (Wildman–Crippen LogP) is 3.46. The summed E-state index contributed by atoms with van der Waals surface area (Å²) in [5.41, 5.74) is 7.16. The van der Waals surface area contributed by atoms with E-state index in [-0.39, 0.29) is 17.5 Å². The molecule has 1 amide bonds. The van der Waals surface area contributed by atoms with Gasteiger partial charge in [-0.25, -0.2) is 0 Å². The predicted molar refractivity (Wildman–Crippen MR) is 87.7 cm³/mol. The molecule has 0 saturated heterocycles. The number of halogens is 1. The molecule has 0 bridgehead atoms. The molecule has 0 aliphatic heterocycles. The zero-order valence-electron chi connectivity index (χ0n) is 12.3. The minimum atomic E-state index is -0.138. The molecular weight excluding hydrogens is 328 g/mol. The number of carbonyl (C=O) groups is 1. The number of carbonyl (C=O) groups excluding carboxylic acids is 1. The molecule has 1 aromatic carbocycles. The van der Waals surface area contributed by atoms with Crippen LogP contribution in [0.4, 0.5) is 0 Å². The summed E-state index contributed by atoms with van der Waals surface area (Å²) < 4.78 is 1.07. The molecule has 114 valence electrons. The maximum absolute atomic E-state index is 12.4. The lowest BCUT2D eigenvalue weighted by molar-refractivity contribution is -0.125. The van der Waals surface area contributed by atoms with Crippen molar-refractivity contribution in [1.29, 1.82) is 0 Å². The van der Waals surface area contributed by atoms with E-state index < -0.39 is 0 Å². The molecule has 2 aliphatic rings. The van der Waals surface area contributed by atoms with Gasteiger partial charge in [-0.15, -0.1) is 0 Å². The highest BCUT2D eigenvalue weighted by atomic mass is 79.9. The second-order valence-electron chi connectivity index (χ2n) is 6.55. The molecule has 0 heterocycles. The molecule has 2 atom stereocenters. The minimum Gasteiger partial charge on any atom is -0.347 e. The average Bonchev–Trinajstić information content (AvgIpc) is 2.81. The SMILES string of the molecule is N[C@@H]1CCC[C@H]1CC(=O)NC1(c2ccc(Br)cc2)CCC1. The van der Waals surface area contributed by atoms with E-state index in [0.29, 0.717) is 12.3 Å². The Morgan fingerprint density at radius 1 is 1.24 bits per heavy atom. The number of benzene rings is 1. The van der Waals surface area contributed by atoms with Crippen molar-refractivity contribution in [2.45, 2.75) is 56.5 Å². The van der Waals surface area contributed by atoms with E-state index in [1.807, 2.05) is 0 Å². The first kappa shape index (κ1) is 15.0. The first-order valence-electron chi connectivity index (χ1n) is 7.92. The Balaban J connectivity index is 1.66. The van der Waals surface area contributed by atoms with Crippen molar-refractivity contribution < 1.29 is 4.79 Å². The van der Waals surface area contributed by atoms with Crippen LogP contribution in [-0.4, -0.2) is 11.9 Å². The maximum atomic E-state index is 12.4. The summed E-state index contributed by atoms with van der Waals surface area (Å²) in [7, 11) is 0. The van der Waals surface area contributed by atoms with Crippen LogP contribution in [0.3, 0.4) is 0 Å². The van der Waals surface area contributed by atoms with E-state index >= 15 is 0 Å². The summed E-state index contributed by atoms with van der Waals surface area (Å²) in [6, 6.07) is 8.54. The van der Waals surface area contributed by atoms with Gasteiger partial charge in [-0.05, 0) is 55.7 Å². The molecular formula is C17H23BrN2O. The Morgan fingerprint density at radius 2 is 1.95 bits per heavy atom. The van der Waals surface area contributed by atoms with Gasteiger partial charge in [0.05, 0.1) is 5.54 Å². The van der Waals surface area contributed by atoms with Gasteiger partial charge in [0.2, 0.25) is 5.91 Å². The molecule has 2 aliphatic carbocycles. The monoisotopic (exact) mass is 350 g/mol. The standard InChI is InChI=1S/C17H23BrN2O/c18-14-7-5-13(6-8-14)17(9-2-10-17)20-16(21)11-12-3-1-4-15(12)19/h5-8,12,15H,1-4,9-11,19H2,(H,20,21)/t12-,15+/m0/s1. The third-order valence-corrected chi connectivity index (χ3v) is 5.68. The second kappa shape index (κ2) is 6.09. The summed E-state index contributed by atoms with van der Waals surface area (Å²) in [5.74, 6) is 0.534. The number of hydrogen-bond donors (Lipinski definition) is 2. The molecule has 0 aromatic heterocycles. The fourth-order valence-corrected chi connectivity index (χ4v) is 3.92. The van der Waals surface area contributed by atoms with Crippen molar-refractivity contribution in [2.24, 2.45) is 11.7 Å².